The summed E-state index contributed by atoms with van der Waals surface area (Å²) in [5.74, 6) is 0.144. The van der Waals surface area contributed by atoms with Crippen LogP contribution in [0.1, 0.15) is 50.9 Å². The number of nitrogens with zero attached hydrogens (tertiary/aromatic N) is 4. The molecule has 2 aromatic carbocycles. The number of carbonyl (C=O) groups is 1. The predicted octanol–water partition coefficient (Wildman–Crippen LogP) is 5.60. The minimum absolute atomic E-state index is 0.270. The fourth-order valence-electron chi connectivity index (χ4n) is 4.32. The van der Waals surface area contributed by atoms with Crippen LogP contribution in [0.3, 0.4) is 0 Å². The molecule has 0 aliphatic rings. The highest BCUT2D eigenvalue weighted by atomic mass is 16.5. The summed E-state index contributed by atoms with van der Waals surface area (Å²) < 4.78 is 7.50. The highest BCUT2D eigenvalue weighted by molar-refractivity contribution is 6.09. The molecule has 2 heterocycles. The summed E-state index contributed by atoms with van der Waals surface area (Å²) in [5, 5.41) is 0. The number of benzene rings is 2. The van der Waals surface area contributed by atoms with Crippen LogP contribution < -0.4 is 10.6 Å². The van der Waals surface area contributed by atoms with Crippen LogP contribution in [0.4, 0.5) is 11.5 Å². The van der Waals surface area contributed by atoms with Gasteiger partial charge in [0.25, 0.3) is 0 Å². The van der Waals surface area contributed by atoms with Gasteiger partial charge in [0, 0.05) is 24.5 Å². The van der Waals surface area contributed by atoms with Crippen molar-refractivity contribution in [3.8, 4) is 5.69 Å². The van der Waals surface area contributed by atoms with E-state index in [1.54, 1.807) is 4.57 Å². The van der Waals surface area contributed by atoms with E-state index >= 15 is 0 Å². The molecule has 0 unspecified atom stereocenters. The minimum Gasteiger partial charge on any atom is -0.462 e. The molecule has 4 rings (SSSR count). The minimum atomic E-state index is -0.461. The highest BCUT2D eigenvalue weighted by Gasteiger charge is 2.26. The van der Waals surface area contributed by atoms with E-state index in [0.717, 1.165) is 42.8 Å². The van der Waals surface area contributed by atoms with Gasteiger partial charge in [0.1, 0.15) is 16.9 Å². The van der Waals surface area contributed by atoms with Crippen LogP contribution in [0.25, 0.3) is 27.9 Å². The average molecular weight is 460 g/mol. The molecule has 178 valence electrons. The molecule has 0 saturated carbocycles. The monoisotopic (exact) mass is 459 g/mol. The number of para-hydroxylation sites is 2. The van der Waals surface area contributed by atoms with Gasteiger partial charge in [-0.25, -0.2) is 14.8 Å². The van der Waals surface area contributed by atoms with Gasteiger partial charge in [-0.15, -0.1) is 0 Å². The van der Waals surface area contributed by atoms with Crippen molar-refractivity contribution < 1.29 is 9.53 Å². The van der Waals surface area contributed by atoms with Gasteiger partial charge in [-0.2, -0.15) is 0 Å². The molecule has 0 aliphatic heterocycles. The molecule has 0 radical (unpaired) electrons. The van der Waals surface area contributed by atoms with Gasteiger partial charge >= 0.3 is 5.97 Å². The van der Waals surface area contributed by atoms with Crippen LogP contribution in [-0.4, -0.2) is 40.2 Å². The largest absolute Gasteiger partial charge is 0.462 e. The Labute approximate surface area is 200 Å². The van der Waals surface area contributed by atoms with Crippen molar-refractivity contribution in [3.05, 3.63) is 54.1 Å². The van der Waals surface area contributed by atoms with Gasteiger partial charge in [-0.3, -0.25) is 4.57 Å². The number of rotatable bonds is 9. The van der Waals surface area contributed by atoms with Crippen LogP contribution in [0, 0.1) is 5.92 Å². The van der Waals surface area contributed by atoms with Crippen LogP contribution in [0.5, 0.6) is 0 Å². The van der Waals surface area contributed by atoms with E-state index in [-0.39, 0.29) is 11.4 Å². The molecule has 0 aliphatic carbocycles. The van der Waals surface area contributed by atoms with Gasteiger partial charge in [0.05, 0.1) is 17.6 Å². The second-order valence-corrected chi connectivity index (χ2v) is 8.45. The maximum Gasteiger partial charge on any atom is 0.344 e. The lowest BCUT2D eigenvalue weighted by Crippen LogP contribution is -2.21. The maximum absolute atomic E-state index is 13.2. The Morgan fingerprint density at radius 3 is 2.18 bits per heavy atom. The zero-order chi connectivity index (χ0) is 24.2. The van der Waals surface area contributed by atoms with E-state index in [4.69, 9.17) is 20.4 Å². The van der Waals surface area contributed by atoms with E-state index in [0.29, 0.717) is 29.2 Å². The Morgan fingerprint density at radius 1 is 0.971 bits per heavy atom. The van der Waals surface area contributed by atoms with E-state index in [1.807, 2.05) is 36.4 Å². The molecule has 0 bridgehead atoms. The highest BCUT2D eigenvalue weighted by Crippen LogP contribution is 2.32. The number of hydrogen-bond acceptors (Lipinski definition) is 6. The van der Waals surface area contributed by atoms with Crippen molar-refractivity contribution in [2.24, 2.45) is 5.92 Å². The molecule has 0 saturated heterocycles. The number of nitrogen functional groups attached to an aromatic ring is 1. The Hall–Kier alpha value is -3.61. The fraction of sp³-hybridized carbons (Fsp3) is 0.370. The normalized spacial score (nSPS) is 11.4. The molecule has 7 heteroatoms. The number of carbonyl (C=O) groups excluding carboxylic acids is 1. The number of nitrogens with two attached hydrogens (primary N) is 1. The molecular formula is C27H33N5O2. The van der Waals surface area contributed by atoms with E-state index in [9.17, 15) is 4.79 Å². The van der Waals surface area contributed by atoms with Gasteiger partial charge < -0.3 is 15.4 Å². The summed E-state index contributed by atoms with van der Waals surface area (Å²) in [6, 6.07) is 15.7. The lowest BCUT2D eigenvalue weighted by molar-refractivity contribution is 0.0436. The molecule has 4 aromatic rings. The van der Waals surface area contributed by atoms with Crippen LogP contribution in [0.15, 0.2) is 48.5 Å². The predicted molar refractivity (Wildman–Crippen MR) is 139 cm³/mol. The molecule has 2 aromatic heterocycles. The van der Waals surface area contributed by atoms with Crippen molar-refractivity contribution in [2.75, 3.05) is 30.3 Å². The first-order chi connectivity index (χ1) is 16.5. The second kappa shape index (κ2) is 10.1. The van der Waals surface area contributed by atoms with Gasteiger partial charge in [-0.1, -0.05) is 38.8 Å². The Bertz CT molecular complexity index is 1290. The summed E-state index contributed by atoms with van der Waals surface area (Å²) in [6.07, 6.45) is 1.90. The SMILES string of the molecule is CCC(CC)COC(=O)c1c(N)n(-c2ccc(N(CC)CC)cc2)c2nc3ccccc3nc12. The Morgan fingerprint density at radius 2 is 1.59 bits per heavy atom. The number of anilines is 2. The molecule has 2 N–H and O–H groups in total. The summed E-state index contributed by atoms with van der Waals surface area (Å²) >= 11 is 0. The quantitative estimate of drug-likeness (QED) is 0.328. The first-order valence-electron chi connectivity index (χ1n) is 12.1. The van der Waals surface area contributed by atoms with Gasteiger partial charge in [0.15, 0.2) is 5.65 Å². The third-order valence-electron chi connectivity index (χ3n) is 6.54. The fourth-order valence-corrected chi connectivity index (χ4v) is 4.32. The number of esters is 1. The van der Waals surface area contributed by atoms with Crippen LogP contribution >= 0.6 is 0 Å². The molecule has 0 spiro atoms. The molecule has 0 fully saturated rings. The summed E-state index contributed by atoms with van der Waals surface area (Å²) in [7, 11) is 0. The lowest BCUT2D eigenvalue weighted by atomic mass is 10.1. The topological polar surface area (TPSA) is 86.3 Å². The molecule has 7 nitrogen and oxygen atoms in total. The van der Waals surface area contributed by atoms with Crippen molar-refractivity contribution in [2.45, 2.75) is 40.5 Å². The first kappa shape index (κ1) is 23.5. The van der Waals surface area contributed by atoms with Gasteiger partial charge in [-0.05, 0) is 56.2 Å². The third kappa shape index (κ3) is 4.30. The number of aromatic nitrogens is 3. The van der Waals surface area contributed by atoms with E-state index < -0.39 is 5.97 Å². The standard InChI is InChI=1S/C27H33N5O2/c1-5-18(6-2)17-34-27(33)23-24-26(30-22-12-10-9-11-21(22)29-24)32(25(23)28)20-15-13-19(14-16-20)31(7-3)8-4/h9-16,18H,5-8,17,28H2,1-4H3. The van der Waals surface area contributed by atoms with Crippen molar-refractivity contribution in [1.82, 2.24) is 14.5 Å². The van der Waals surface area contributed by atoms with Crippen molar-refractivity contribution in [3.63, 3.8) is 0 Å². The van der Waals surface area contributed by atoms with Crippen molar-refractivity contribution in [1.29, 1.82) is 0 Å². The second-order valence-electron chi connectivity index (χ2n) is 8.45. The van der Waals surface area contributed by atoms with Crippen molar-refractivity contribution >= 4 is 39.7 Å². The smallest absolute Gasteiger partial charge is 0.344 e. The molecule has 34 heavy (non-hydrogen) atoms. The summed E-state index contributed by atoms with van der Waals surface area (Å²) in [4.78, 5) is 25.1. The summed E-state index contributed by atoms with van der Waals surface area (Å²) in [6.45, 7) is 10.7. The van der Waals surface area contributed by atoms with Crippen LogP contribution in [0.2, 0.25) is 0 Å². The number of hydrogen-bond donors (Lipinski definition) is 1. The van der Waals surface area contributed by atoms with E-state index in [2.05, 4.69) is 44.7 Å². The summed E-state index contributed by atoms with van der Waals surface area (Å²) in [5.41, 5.74) is 11.3. The molecule has 0 atom stereocenters. The van der Waals surface area contributed by atoms with E-state index in [1.165, 1.54) is 0 Å². The molecular weight excluding hydrogens is 426 g/mol. The molecule has 0 amide bonds. The number of ether oxygens (including phenoxy) is 1. The first-order valence-corrected chi connectivity index (χ1v) is 12.1. The Balaban J connectivity index is 1.85. The maximum atomic E-state index is 13.2. The Kier molecular flexibility index (Phi) is 7.01. The lowest BCUT2D eigenvalue weighted by Gasteiger charge is -2.21. The average Bonchev–Trinajstić information content (AvgIpc) is 3.15. The van der Waals surface area contributed by atoms with Crippen LogP contribution in [-0.2, 0) is 4.74 Å². The zero-order valence-electron chi connectivity index (χ0n) is 20.4. The van der Waals surface area contributed by atoms with Gasteiger partial charge in [0.2, 0.25) is 0 Å². The zero-order valence-corrected chi connectivity index (χ0v) is 20.4. The third-order valence-corrected chi connectivity index (χ3v) is 6.54. The number of fused-ring (bicyclic) bond motifs is 2.